The minimum Gasteiger partial charge on any atom is -0.375 e. The van der Waals surface area contributed by atoms with Crippen LogP contribution >= 0.6 is 0 Å². The first-order valence-corrected chi connectivity index (χ1v) is 8.93. The molecule has 1 aromatic carbocycles. The summed E-state index contributed by atoms with van der Waals surface area (Å²) in [5.41, 5.74) is 0.795. The number of nitrogens with zero attached hydrogens (tertiary/aromatic N) is 1. The first kappa shape index (κ1) is 17.7. The lowest BCUT2D eigenvalue weighted by atomic mass is 10.0. The Kier molecular flexibility index (Phi) is 6.25. The van der Waals surface area contributed by atoms with Gasteiger partial charge in [-0.2, -0.15) is 0 Å². The monoisotopic (exact) mass is 346 g/mol. The molecule has 0 radical (unpaired) electrons. The Morgan fingerprint density at radius 1 is 1.20 bits per heavy atom. The van der Waals surface area contributed by atoms with Crippen molar-refractivity contribution < 1.29 is 14.3 Å². The molecule has 2 aliphatic rings. The van der Waals surface area contributed by atoms with Gasteiger partial charge in [0.1, 0.15) is 0 Å². The molecule has 2 fully saturated rings. The molecule has 3 N–H and O–H groups in total. The van der Waals surface area contributed by atoms with Gasteiger partial charge >= 0.3 is 6.03 Å². The van der Waals surface area contributed by atoms with E-state index in [2.05, 4.69) is 16.0 Å². The molecule has 1 unspecified atom stereocenters. The maximum Gasteiger partial charge on any atom is 0.321 e. The number of likely N-dealkylation sites (tertiary alicyclic amines) is 1. The molecule has 0 bridgehead atoms. The summed E-state index contributed by atoms with van der Waals surface area (Å²) >= 11 is 0. The molecule has 7 nitrogen and oxygen atoms in total. The second kappa shape index (κ2) is 8.82. The maximum absolute atomic E-state index is 12.3. The fourth-order valence-corrected chi connectivity index (χ4v) is 3.20. The van der Waals surface area contributed by atoms with Crippen molar-refractivity contribution in [3.05, 3.63) is 30.3 Å². The van der Waals surface area contributed by atoms with Crippen LogP contribution in [0.2, 0.25) is 0 Å². The van der Waals surface area contributed by atoms with Gasteiger partial charge in [-0.1, -0.05) is 18.2 Å². The van der Waals surface area contributed by atoms with Crippen molar-refractivity contribution in [3.8, 4) is 0 Å². The topological polar surface area (TPSA) is 82.7 Å². The van der Waals surface area contributed by atoms with Crippen LogP contribution in [-0.4, -0.2) is 61.8 Å². The van der Waals surface area contributed by atoms with E-state index < -0.39 is 0 Å². The van der Waals surface area contributed by atoms with Crippen LogP contribution in [0.1, 0.15) is 19.3 Å². The van der Waals surface area contributed by atoms with Gasteiger partial charge in [0, 0.05) is 37.9 Å². The van der Waals surface area contributed by atoms with E-state index in [4.69, 9.17) is 4.74 Å². The van der Waals surface area contributed by atoms with Crippen molar-refractivity contribution in [3.63, 3.8) is 0 Å². The van der Waals surface area contributed by atoms with Gasteiger partial charge in [-0.15, -0.1) is 0 Å². The van der Waals surface area contributed by atoms with Crippen LogP contribution < -0.4 is 16.0 Å². The summed E-state index contributed by atoms with van der Waals surface area (Å²) in [5.74, 6) is 0.0286. The second-order valence-electron chi connectivity index (χ2n) is 6.53. The molecule has 3 amide bonds. The molecule has 7 heteroatoms. The van der Waals surface area contributed by atoms with E-state index in [1.165, 1.54) is 0 Å². The first-order valence-electron chi connectivity index (χ1n) is 8.93. The van der Waals surface area contributed by atoms with Gasteiger partial charge in [-0.05, 0) is 25.0 Å². The number of hydrogen-bond donors (Lipinski definition) is 3. The summed E-state index contributed by atoms with van der Waals surface area (Å²) in [5, 5.41) is 9.19. The van der Waals surface area contributed by atoms with Gasteiger partial charge in [-0.25, -0.2) is 4.79 Å². The summed E-state index contributed by atoms with van der Waals surface area (Å²) in [6, 6.07) is 9.48. The zero-order valence-electron chi connectivity index (χ0n) is 14.4. The molecule has 136 valence electrons. The molecule has 3 rings (SSSR count). The Balaban J connectivity index is 1.37. The Hall–Kier alpha value is -2.12. The van der Waals surface area contributed by atoms with E-state index in [-0.39, 0.29) is 24.1 Å². The van der Waals surface area contributed by atoms with Gasteiger partial charge in [0.2, 0.25) is 5.91 Å². The number of rotatable bonds is 4. The number of carbonyl (C=O) groups is 2. The van der Waals surface area contributed by atoms with Gasteiger partial charge < -0.3 is 25.6 Å². The standard InChI is InChI=1S/C18H26N4O3/c23-17(12-16-13-19-8-11-25-16)20-15-6-9-22(10-7-15)18(24)21-14-4-2-1-3-5-14/h1-5,15-16,19H,6-13H2,(H,20,23)(H,21,24). The SMILES string of the molecule is O=C(CC1CNCCO1)NC1CCN(C(=O)Nc2ccccc2)CC1. The molecule has 2 heterocycles. The molecular weight excluding hydrogens is 320 g/mol. The molecule has 0 spiro atoms. The smallest absolute Gasteiger partial charge is 0.321 e. The number of benzene rings is 1. The summed E-state index contributed by atoms with van der Waals surface area (Å²) in [7, 11) is 0. The number of ether oxygens (including phenoxy) is 1. The lowest BCUT2D eigenvalue weighted by Crippen LogP contribution is -2.49. The van der Waals surface area contributed by atoms with E-state index in [0.29, 0.717) is 26.1 Å². The fraction of sp³-hybridized carbons (Fsp3) is 0.556. The lowest BCUT2D eigenvalue weighted by molar-refractivity contribution is -0.125. The quantitative estimate of drug-likeness (QED) is 0.764. The van der Waals surface area contributed by atoms with Crippen LogP contribution in [0.25, 0.3) is 0 Å². The number of hydrogen-bond acceptors (Lipinski definition) is 4. The van der Waals surface area contributed by atoms with Crippen molar-refractivity contribution >= 4 is 17.6 Å². The summed E-state index contributed by atoms with van der Waals surface area (Å²) in [6.45, 7) is 3.52. The predicted octanol–water partition coefficient (Wildman–Crippen LogP) is 1.18. The van der Waals surface area contributed by atoms with Crippen molar-refractivity contribution in [2.45, 2.75) is 31.4 Å². The Bertz CT molecular complexity index is 567. The molecule has 1 aromatic rings. The predicted molar refractivity (Wildman–Crippen MR) is 95.4 cm³/mol. The lowest BCUT2D eigenvalue weighted by Gasteiger charge is -2.33. The number of para-hydroxylation sites is 1. The molecule has 0 aromatic heterocycles. The summed E-state index contributed by atoms with van der Waals surface area (Å²) < 4.78 is 5.56. The van der Waals surface area contributed by atoms with Crippen molar-refractivity contribution in [2.75, 3.05) is 38.1 Å². The van der Waals surface area contributed by atoms with Crippen LogP contribution in [0, 0.1) is 0 Å². The molecule has 0 aliphatic carbocycles. The second-order valence-corrected chi connectivity index (χ2v) is 6.53. The van der Waals surface area contributed by atoms with E-state index in [0.717, 1.165) is 31.6 Å². The van der Waals surface area contributed by atoms with Crippen LogP contribution in [0.4, 0.5) is 10.5 Å². The molecule has 0 saturated carbocycles. The normalized spacial score (nSPS) is 21.6. The van der Waals surface area contributed by atoms with Gasteiger partial charge in [0.05, 0.1) is 19.1 Å². The number of morpholine rings is 1. The van der Waals surface area contributed by atoms with Crippen molar-refractivity contribution in [2.24, 2.45) is 0 Å². The van der Waals surface area contributed by atoms with Gasteiger partial charge in [0.15, 0.2) is 0 Å². The molecular formula is C18H26N4O3. The van der Waals surface area contributed by atoms with Crippen molar-refractivity contribution in [1.82, 2.24) is 15.5 Å². The molecule has 2 saturated heterocycles. The van der Waals surface area contributed by atoms with E-state index in [1.807, 2.05) is 30.3 Å². The minimum atomic E-state index is -0.0855. The Morgan fingerprint density at radius 3 is 2.64 bits per heavy atom. The Labute approximate surface area is 148 Å². The molecule has 2 aliphatic heterocycles. The van der Waals surface area contributed by atoms with E-state index >= 15 is 0 Å². The molecule has 1 atom stereocenters. The third kappa shape index (κ3) is 5.44. The van der Waals surface area contributed by atoms with Crippen LogP contribution in [0.3, 0.4) is 0 Å². The Morgan fingerprint density at radius 2 is 1.96 bits per heavy atom. The maximum atomic E-state index is 12.3. The summed E-state index contributed by atoms with van der Waals surface area (Å²) in [4.78, 5) is 26.2. The highest BCUT2D eigenvalue weighted by molar-refractivity contribution is 5.89. The van der Waals surface area contributed by atoms with Crippen LogP contribution in [0.5, 0.6) is 0 Å². The van der Waals surface area contributed by atoms with E-state index in [1.54, 1.807) is 4.90 Å². The van der Waals surface area contributed by atoms with Crippen LogP contribution in [0.15, 0.2) is 30.3 Å². The zero-order valence-corrected chi connectivity index (χ0v) is 14.4. The average molecular weight is 346 g/mol. The van der Waals surface area contributed by atoms with Crippen LogP contribution in [-0.2, 0) is 9.53 Å². The number of carbonyl (C=O) groups excluding carboxylic acids is 2. The zero-order chi connectivity index (χ0) is 17.5. The van der Waals surface area contributed by atoms with E-state index in [9.17, 15) is 9.59 Å². The third-order valence-electron chi connectivity index (χ3n) is 4.59. The highest BCUT2D eigenvalue weighted by Gasteiger charge is 2.25. The number of amides is 3. The number of anilines is 1. The number of nitrogens with one attached hydrogen (secondary N) is 3. The van der Waals surface area contributed by atoms with Gasteiger partial charge in [0.25, 0.3) is 0 Å². The summed E-state index contributed by atoms with van der Waals surface area (Å²) in [6.07, 6.45) is 1.91. The minimum absolute atomic E-state index is 0.0286. The largest absolute Gasteiger partial charge is 0.375 e. The fourth-order valence-electron chi connectivity index (χ4n) is 3.20. The van der Waals surface area contributed by atoms with Gasteiger partial charge in [-0.3, -0.25) is 4.79 Å². The number of urea groups is 1. The number of piperidine rings is 1. The highest BCUT2D eigenvalue weighted by atomic mass is 16.5. The van der Waals surface area contributed by atoms with Crippen molar-refractivity contribution in [1.29, 1.82) is 0 Å². The average Bonchev–Trinajstić information content (AvgIpc) is 2.64. The highest BCUT2D eigenvalue weighted by Crippen LogP contribution is 2.14. The first-order chi connectivity index (χ1) is 12.2. The molecule has 25 heavy (non-hydrogen) atoms. The third-order valence-corrected chi connectivity index (χ3v) is 4.59.